The minimum atomic E-state index is -1.80. The van der Waals surface area contributed by atoms with Gasteiger partial charge in [0, 0.05) is 6.42 Å². The van der Waals surface area contributed by atoms with Crippen molar-refractivity contribution in [2.45, 2.75) is 18.9 Å². The lowest BCUT2D eigenvalue weighted by molar-refractivity contribution is -0.167. The Morgan fingerprint density at radius 1 is 0.950 bits per heavy atom. The van der Waals surface area contributed by atoms with Gasteiger partial charge in [-0.1, -0.05) is 0 Å². The lowest BCUT2D eigenvalue weighted by Crippen LogP contribution is -2.30. The number of aliphatic carboxylic acids is 4. The van der Waals surface area contributed by atoms with Crippen LogP contribution in [0.3, 0.4) is 0 Å². The van der Waals surface area contributed by atoms with Crippen molar-refractivity contribution >= 4 is 29.8 Å². The van der Waals surface area contributed by atoms with E-state index in [1.807, 2.05) is 0 Å². The van der Waals surface area contributed by atoms with Crippen molar-refractivity contribution in [2.24, 2.45) is 5.73 Å². The molecule has 0 aromatic heterocycles. The standard InChI is InChI=1S/C5H9NO4.C4H4O6/c6-3(5(9)10)1-2-4(7)8;5-2(6)1-10-4(9)3(7)8/h3H,1-2,6H2,(H,7,8)(H,9,10);1H2,(H,5,6)(H,7,8). The molecule has 11 nitrogen and oxygen atoms in total. The number of carboxylic acids is 4. The summed E-state index contributed by atoms with van der Waals surface area (Å²) in [6, 6.07) is -1.06. The van der Waals surface area contributed by atoms with Gasteiger partial charge in [-0.05, 0) is 6.42 Å². The number of carbonyl (C=O) groups is 5. The van der Waals surface area contributed by atoms with E-state index >= 15 is 0 Å². The van der Waals surface area contributed by atoms with Gasteiger partial charge >= 0.3 is 29.8 Å². The van der Waals surface area contributed by atoms with Crippen molar-refractivity contribution in [1.82, 2.24) is 0 Å². The summed E-state index contributed by atoms with van der Waals surface area (Å²) in [4.78, 5) is 49.1. The van der Waals surface area contributed by atoms with Crippen LogP contribution in [0.5, 0.6) is 0 Å². The molecule has 0 amide bonds. The number of nitrogens with two attached hydrogens (primary N) is 1. The zero-order valence-electron chi connectivity index (χ0n) is 10.0. The third-order valence-corrected chi connectivity index (χ3v) is 1.49. The Morgan fingerprint density at radius 3 is 1.75 bits per heavy atom. The summed E-state index contributed by atoms with van der Waals surface area (Å²) < 4.78 is 3.73. The number of carbonyl (C=O) groups excluding carboxylic acids is 1. The van der Waals surface area contributed by atoms with E-state index < -0.39 is 42.5 Å². The van der Waals surface area contributed by atoms with E-state index in [9.17, 15) is 24.0 Å². The third-order valence-electron chi connectivity index (χ3n) is 1.49. The molecule has 0 fully saturated rings. The number of hydrogen-bond acceptors (Lipinski definition) is 7. The molecule has 0 bridgehead atoms. The van der Waals surface area contributed by atoms with E-state index in [-0.39, 0.29) is 12.8 Å². The minimum absolute atomic E-state index is 0.0231. The maximum absolute atomic E-state index is 9.99. The van der Waals surface area contributed by atoms with E-state index in [0.29, 0.717) is 0 Å². The average Bonchev–Trinajstić information content (AvgIpc) is 2.33. The van der Waals surface area contributed by atoms with Crippen LogP contribution in [0, 0.1) is 0 Å². The van der Waals surface area contributed by atoms with Gasteiger partial charge in [0.2, 0.25) is 0 Å². The normalized spacial score (nSPS) is 10.4. The van der Waals surface area contributed by atoms with Crippen LogP contribution in [0.2, 0.25) is 0 Å². The molecule has 20 heavy (non-hydrogen) atoms. The first-order valence-electron chi connectivity index (χ1n) is 4.90. The second kappa shape index (κ2) is 10.3. The zero-order chi connectivity index (χ0) is 16.3. The van der Waals surface area contributed by atoms with Crippen LogP contribution >= 0.6 is 0 Å². The number of carboxylic acid groups (broad SMARTS) is 4. The Morgan fingerprint density at radius 2 is 1.45 bits per heavy atom. The fourth-order valence-electron chi connectivity index (χ4n) is 0.591. The van der Waals surface area contributed by atoms with Crippen LogP contribution in [0.4, 0.5) is 0 Å². The van der Waals surface area contributed by atoms with E-state index in [4.69, 9.17) is 26.2 Å². The van der Waals surface area contributed by atoms with E-state index in [1.54, 1.807) is 0 Å². The predicted molar refractivity (Wildman–Crippen MR) is 58.7 cm³/mol. The van der Waals surface area contributed by atoms with E-state index in [2.05, 4.69) is 4.74 Å². The highest BCUT2D eigenvalue weighted by Gasteiger charge is 2.13. The number of rotatable bonds is 6. The quantitative estimate of drug-likeness (QED) is 0.267. The molecule has 0 radical (unpaired) electrons. The molecule has 0 rings (SSSR count). The van der Waals surface area contributed by atoms with Crippen molar-refractivity contribution in [3.63, 3.8) is 0 Å². The monoisotopic (exact) mass is 295 g/mol. The lowest BCUT2D eigenvalue weighted by atomic mass is 10.2. The number of esters is 1. The van der Waals surface area contributed by atoms with Crippen LogP contribution in [0.15, 0.2) is 0 Å². The largest absolute Gasteiger partial charge is 0.481 e. The van der Waals surface area contributed by atoms with Crippen LogP contribution in [0.1, 0.15) is 12.8 Å². The lowest BCUT2D eigenvalue weighted by Gasteiger charge is -2.01. The molecule has 0 saturated carbocycles. The molecule has 0 aromatic carbocycles. The van der Waals surface area contributed by atoms with Gasteiger partial charge < -0.3 is 30.9 Å². The number of hydrogen-bond donors (Lipinski definition) is 5. The first kappa shape index (κ1) is 19.6. The second-order valence-electron chi connectivity index (χ2n) is 3.15. The van der Waals surface area contributed by atoms with Gasteiger partial charge in [-0.25, -0.2) is 14.4 Å². The third kappa shape index (κ3) is 13.4. The summed E-state index contributed by atoms with van der Waals surface area (Å²) >= 11 is 0. The maximum Gasteiger partial charge on any atom is 0.417 e. The molecule has 0 aliphatic heterocycles. The topological polar surface area (TPSA) is 202 Å². The Labute approximate surface area is 111 Å². The molecule has 1 atom stereocenters. The molecule has 1 unspecified atom stereocenters. The fraction of sp³-hybridized carbons (Fsp3) is 0.444. The Bertz CT molecular complexity index is 390. The summed E-state index contributed by atoms with van der Waals surface area (Å²) in [7, 11) is 0. The summed E-state index contributed by atoms with van der Waals surface area (Å²) in [5, 5.41) is 32.0. The summed E-state index contributed by atoms with van der Waals surface area (Å²) in [5.41, 5.74) is 5.00. The highest BCUT2D eigenvalue weighted by atomic mass is 16.6. The molecule has 114 valence electrons. The van der Waals surface area contributed by atoms with Crippen molar-refractivity contribution in [2.75, 3.05) is 6.61 Å². The molecule has 0 saturated heterocycles. The fourth-order valence-corrected chi connectivity index (χ4v) is 0.591. The van der Waals surface area contributed by atoms with Crippen LogP contribution in [0.25, 0.3) is 0 Å². The molecule has 0 aliphatic rings. The average molecular weight is 295 g/mol. The first-order valence-corrected chi connectivity index (χ1v) is 4.90. The van der Waals surface area contributed by atoms with Gasteiger partial charge in [0.1, 0.15) is 6.04 Å². The molecule has 11 heteroatoms. The van der Waals surface area contributed by atoms with Gasteiger partial charge in [-0.3, -0.25) is 9.59 Å². The number of ether oxygens (including phenoxy) is 1. The molecule has 6 N–H and O–H groups in total. The minimum Gasteiger partial charge on any atom is -0.481 e. The van der Waals surface area contributed by atoms with E-state index in [0.717, 1.165) is 0 Å². The zero-order valence-corrected chi connectivity index (χ0v) is 10.0. The molecular weight excluding hydrogens is 282 g/mol. The summed E-state index contributed by atoms with van der Waals surface area (Å²) in [5.74, 6) is -6.96. The molecule has 0 heterocycles. The smallest absolute Gasteiger partial charge is 0.417 e. The van der Waals surface area contributed by atoms with Crippen molar-refractivity contribution in [1.29, 1.82) is 0 Å². The maximum atomic E-state index is 9.99. The molecular formula is C9H13NO10. The van der Waals surface area contributed by atoms with Gasteiger partial charge in [0.15, 0.2) is 6.61 Å². The Balaban J connectivity index is 0. The van der Waals surface area contributed by atoms with Crippen molar-refractivity contribution in [3.8, 4) is 0 Å². The predicted octanol–water partition coefficient (Wildman–Crippen LogP) is -2.04. The van der Waals surface area contributed by atoms with E-state index in [1.165, 1.54) is 0 Å². The SMILES string of the molecule is NC(CCC(=O)O)C(=O)O.O=C(O)COC(=O)C(=O)O. The van der Waals surface area contributed by atoms with Gasteiger partial charge in [-0.2, -0.15) is 0 Å². The van der Waals surface area contributed by atoms with Crippen molar-refractivity contribution in [3.05, 3.63) is 0 Å². The van der Waals surface area contributed by atoms with Crippen LogP contribution in [-0.4, -0.2) is 62.9 Å². The Hall–Kier alpha value is -2.69. The molecule has 0 aromatic rings. The van der Waals surface area contributed by atoms with Crippen molar-refractivity contribution < 1.29 is 49.1 Å². The molecule has 0 spiro atoms. The highest BCUT2D eigenvalue weighted by Crippen LogP contribution is 1.93. The highest BCUT2D eigenvalue weighted by molar-refractivity contribution is 6.28. The van der Waals surface area contributed by atoms with Crippen LogP contribution in [-0.2, 0) is 28.7 Å². The summed E-state index contributed by atoms with van der Waals surface area (Å²) in [6.07, 6.45) is -0.224. The Kier molecular flexibility index (Phi) is 10.1. The van der Waals surface area contributed by atoms with Gasteiger partial charge in [-0.15, -0.1) is 0 Å². The van der Waals surface area contributed by atoms with Gasteiger partial charge in [0.05, 0.1) is 0 Å². The van der Waals surface area contributed by atoms with Gasteiger partial charge in [0.25, 0.3) is 0 Å². The first-order chi connectivity index (χ1) is 9.07. The second-order valence-corrected chi connectivity index (χ2v) is 3.15. The molecule has 0 aliphatic carbocycles. The summed E-state index contributed by atoms with van der Waals surface area (Å²) in [6.45, 7) is -0.925. The van der Waals surface area contributed by atoms with Crippen LogP contribution < -0.4 is 5.73 Å².